The molecule has 0 bridgehead atoms. The van der Waals surface area contributed by atoms with Crippen molar-refractivity contribution in [2.75, 3.05) is 20.0 Å². The lowest BCUT2D eigenvalue weighted by atomic mass is 9.82. The molecule has 3 aliphatic rings. The highest BCUT2D eigenvalue weighted by Crippen LogP contribution is 2.36. The third kappa shape index (κ3) is 2.14. The van der Waals surface area contributed by atoms with Crippen LogP contribution in [0.1, 0.15) is 20.3 Å². The van der Waals surface area contributed by atoms with Crippen LogP contribution in [0.25, 0.3) is 0 Å². The highest BCUT2D eigenvalue weighted by molar-refractivity contribution is 5.89. The van der Waals surface area contributed by atoms with E-state index in [1.165, 1.54) is 0 Å². The van der Waals surface area contributed by atoms with Crippen LogP contribution in [0.15, 0.2) is 5.16 Å². The van der Waals surface area contributed by atoms with Gasteiger partial charge >= 0.3 is 0 Å². The number of fused-ring (bicyclic) bond motifs is 3. The predicted octanol–water partition coefficient (Wildman–Crippen LogP) is 0.902. The van der Waals surface area contributed by atoms with E-state index in [1.54, 1.807) is 0 Å². The van der Waals surface area contributed by atoms with Gasteiger partial charge in [-0.15, -0.1) is 0 Å². The Labute approximate surface area is 106 Å². The summed E-state index contributed by atoms with van der Waals surface area (Å²) in [5.74, 6) is 0.222. The van der Waals surface area contributed by atoms with Crippen molar-refractivity contribution in [3.63, 3.8) is 0 Å². The third-order valence-corrected chi connectivity index (χ3v) is 3.65. The maximum atomic E-state index is 5.89. The summed E-state index contributed by atoms with van der Waals surface area (Å²) in [5.41, 5.74) is 1.02. The Morgan fingerprint density at radius 1 is 1.39 bits per heavy atom. The van der Waals surface area contributed by atoms with Crippen molar-refractivity contribution in [3.8, 4) is 0 Å². The van der Waals surface area contributed by atoms with E-state index in [4.69, 9.17) is 23.8 Å². The lowest BCUT2D eigenvalue weighted by Crippen LogP contribution is -2.51. The zero-order valence-corrected chi connectivity index (χ0v) is 10.7. The van der Waals surface area contributed by atoms with E-state index >= 15 is 0 Å². The lowest BCUT2D eigenvalue weighted by Gasteiger charge is -2.35. The molecule has 0 aromatic carbocycles. The van der Waals surface area contributed by atoms with Crippen LogP contribution in [0.2, 0.25) is 0 Å². The van der Waals surface area contributed by atoms with Gasteiger partial charge in [0, 0.05) is 13.0 Å². The Morgan fingerprint density at radius 3 is 3.06 bits per heavy atom. The molecule has 2 heterocycles. The van der Waals surface area contributed by atoms with Gasteiger partial charge in [-0.05, 0) is 13.8 Å². The molecule has 1 aliphatic carbocycles. The summed E-state index contributed by atoms with van der Waals surface area (Å²) in [6, 6.07) is 0. The quantitative estimate of drug-likeness (QED) is 0.700. The van der Waals surface area contributed by atoms with Crippen molar-refractivity contribution < 1.29 is 23.8 Å². The largest absolute Gasteiger partial charge is 0.395 e. The molecule has 5 atom stereocenters. The van der Waals surface area contributed by atoms with E-state index in [0.717, 1.165) is 12.1 Å². The summed E-state index contributed by atoms with van der Waals surface area (Å²) in [5, 5.41) is 4.08. The Kier molecular flexibility index (Phi) is 3.52. The first kappa shape index (κ1) is 12.3. The normalized spacial score (nSPS) is 39.8. The second kappa shape index (κ2) is 5.13. The van der Waals surface area contributed by atoms with Crippen LogP contribution in [0.5, 0.6) is 0 Å². The molecule has 0 amide bonds. The van der Waals surface area contributed by atoms with Crippen molar-refractivity contribution in [3.05, 3.63) is 0 Å². The van der Waals surface area contributed by atoms with E-state index < -0.39 is 0 Å². The van der Waals surface area contributed by atoms with Crippen LogP contribution < -0.4 is 0 Å². The highest BCUT2D eigenvalue weighted by Gasteiger charge is 2.50. The average Bonchev–Trinajstić information content (AvgIpc) is 2.95. The first-order valence-corrected chi connectivity index (χ1v) is 6.48. The van der Waals surface area contributed by atoms with E-state index in [2.05, 4.69) is 5.16 Å². The molecule has 0 N–H and O–H groups in total. The molecule has 5 unspecified atom stereocenters. The minimum Gasteiger partial charge on any atom is -0.395 e. The van der Waals surface area contributed by atoms with Crippen molar-refractivity contribution in [1.29, 1.82) is 0 Å². The first-order chi connectivity index (χ1) is 8.79. The number of nitrogens with zero attached hydrogens (tertiary/aromatic N) is 1. The smallest absolute Gasteiger partial charge is 0.155 e. The maximum absolute atomic E-state index is 5.89. The molecule has 2 aliphatic heterocycles. The average molecular weight is 257 g/mol. The fraction of sp³-hybridized carbons (Fsp3) is 0.917. The summed E-state index contributed by atoms with van der Waals surface area (Å²) >= 11 is 0. The third-order valence-electron chi connectivity index (χ3n) is 3.65. The van der Waals surface area contributed by atoms with E-state index in [9.17, 15) is 0 Å². The van der Waals surface area contributed by atoms with Gasteiger partial charge in [0.25, 0.3) is 0 Å². The molecule has 0 aromatic heterocycles. The Morgan fingerprint density at radius 2 is 2.22 bits per heavy atom. The van der Waals surface area contributed by atoms with Crippen LogP contribution in [0.3, 0.4) is 0 Å². The molecule has 0 radical (unpaired) electrons. The van der Waals surface area contributed by atoms with E-state index in [1.807, 2.05) is 13.8 Å². The van der Waals surface area contributed by atoms with Crippen LogP contribution in [-0.2, 0) is 23.8 Å². The van der Waals surface area contributed by atoms with Crippen LogP contribution in [0.4, 0.5) is 0 Å². The molecule has 2 fully saturated rings. The summed E-state index contributed by atoms with van der Waals surface area (Å²) in [4.78, 5) is 5.17. The van der Waals surface area contributed by atoms with E-state index in [-0.39, 0.29) is 30.5 Å². The molecule has 102 valence electrons. The molecular weight excluding hydrogens is 238 g/mol. The number of hydrogen-bond acceptors (Lipinski definition) is 6. The summed E-state index contributed by atoms with van der Waals surface area (Å²) < 4.78 is 22.6. The zero-order chi connectivity index (χ0) is 12.5. The molecule has 0 spiro atoms. The van der Waals surface area contributed by atoms with Gasteiger partial charge in [-0.3, -0.25) is 0 Å². The molecule has 0 aromatic rings. The minimum atomic E-state index is -0.246. The van der Waals surface area contributed by atoms with Gasteiger partial charge < -0.3 is 23.8 Å². The van der Waals surface area contributed by atoms with Gasteiger partial charge in [0.1, 0.15) is 25.6 Å². The SMILES string of the molecule is CCOC(C)OC1CC2=NOCC2C2OCOC12. The monoisotopic (exact) mass is 257 g/mol. The summed E-state index contributed by atoms with van der Waals surface area (Å²) in [6.45, 7) is 5.39. The number of ether oxygens (including phenoxy) is 4. The van der Waals surface area contributed by atoms with Crippen LogP contribution >= 0.6 is 0 Å². The summed E-state index contributed by atoms with van der Waals surface area (Å²) in [7, 11) is 0. The predicted molar refractivity (Wildman–Crippen MR) is 62.1 cm³/mol. The van der Waals surface area contributed by atoms with E-state index in [0.29, 0.717) is 20.0 Å². The number of oxime groups is 1. The standard InChI is InChI=1S/C12H19NO5/c1-3-14-7(2)18-10-4-9-8(5-17-13-9)11-12(10)16-6-15-11/h7-8,10-12H,3-6H2,1-2H3. The van der Waals surface area contributed by atoms with Gasteiger partial charge in [-0.25, -0.2) is 0 Å². The maximum Gasteiger partial charge on any atom is 0.155 e. The number of rotatable bonds is 4. The number of hydrogen-bond donors (Lipinski definition) is 0. The van der Waals surface area contributed by atoms with Gasteiger partial charge in [0.15, 0.2) is 6.29 Å². The Hall–Kier alpha value is -0.690. The lowest BCUT2D eigenvalue weighted by molar-refractivity contribution is -0.185. The zero-order valence-electron chi connectivity index (χ0n) is 10.7. The Bertz CT molecular complexity index is 334. The van der Waals surface area contributed by atoms with Crippen molar-refractivity contribution in [2.24, 2.45) is 11.1 Å². The molecule has 18 heavy (non-hydrogen) atoms. The first-order valence-electron chi connectivity index (χ1n) is 6.48. The summed E-state index contributed by atoms with van der Waals surface area (Å²) in [6.07, 6.45) is 0.365. The molecule has 3 rings (SSSR count). The van der Waals surface area contributed by atoms with Crippen molar-refractivity contribution in [2.45, 2.75) is 44.9 Å². The molecule has 6 nitrogen and oxygen atoms in total. The highest BCUT2D eigenvalue weighted by atomic mass is 16.7. The van der Waals surface area contributed by atoms with Gasteiger partial charge in [0.05, 0.1) is 17.7 Å². The van der Waals surface area contributed by atoms with Gasteiger partial charge in [0.2, 0.25) is 0 Å². The minimum absolute atomic E-state index is 0.00109. The second-order valence-electron chi connectivity index (χ2n) is 4.77. The fourth-order valence-electron chi connectivity index (χ4n) is 2.86. The van der Waals surface area contributed by atoms with Gasteiger partial charge in [-0.2, -0.15) is 0 Å². The van der Waals surface area contributed by atoms with Crippen LogP contribution in [0, 0.1) is 5.92 Å². The molecular formula is C12H19NO5. The van der Waals surface area contributed by atoms with Crippen LogP contribution in [-0.4, -0.2) is 50.3 Å². The van der Waals surface area contributed by atoms with Crippen molar-refractivity contribution >= 4 is 5.71 Å². The Balaban J connectivity index is 1.70. The molecule has 1 saturated carbocycles. The van der Waals surface area contributed by atoms with Crippen molar-refractivity contribution in [1.82, 2.24) is 0 Å². The van der Waals surface area contributed by atoms with Gasteiger partial charge in [-0.1, -0.05) is 5.16 Å². The fourth-order valence-corrected chi connectivity index (χ4v) is 2.86. The molecule has 1 saturated heterocycles. The topological polar surface area (TPSA) is 58.5 Å². The second-order valence-corrected chi connectivity index (χ2v) is 4.77. The molecule has 6 heteroatoms.